The number of carbonyl (C=O) groups is 2. The normalized spacial score (nSPS) is 17.5. The summed E-state index contributed by atoms with van der Waals surface area (Å²) in [5.41, 5.74) is 0.552. The fraction of sp³-hybridized carbons (Fsp3) is 0.636. The highest BCUT2D eigenvalue weighted by Gasteiger charge is 2.36. The summed E-state index contributed by atoms with van der Waals surface area (Å²) in [7, 11) is 0. The van der Waals surface area contributed by atoms with E-state index in [1.54, 1.807) is 6.92 Å². The number of hydrogen-bond acceptors (Lipinski definition) is 5. The molecule has 0 N–H and O–H groups in total. The first-order valence-corrected chi connectivity index (χ1v) is 10.3. The molecule has 29 heavy (non-hydrogen) atoms. The second-order valence-electron chi connectivity index (χ2n) is 8.24. The van der Waals surface area contributed by atoms with Crippen LogP contribution >= 0.6 is 0 Å². The molecule has 0 spiro atoms. The monoisotopic (exact) mass is 406 g/mol. The van der Waals surface area contributed by atoms with Gasteiger partial charge in [-0.2, -0.15) is 0 Å². The van der Waals surface area contributed by atoms with E-state index in [0.29, 0.717) is 32.8 Å². The van der Waals surface area contributed by atoms with Gasteiger partial charge < -0.3 is 19.1 Å². The zero-order chi connectivity index (χ0) is 21.3. The van der Waals surface area contributed by atoms with Crippen LogP contribution in [0.3, 0.4) is 0 Å². The van der Waals surface area contributed by atoms with Crippen LogP contribution in [0.15, 0.2) is 30.3 Å². The quantitative estimate of drug-likeness (QED) is 0.464. The van der Waals surface area contributed by atoms with E-state index in [2.05, 4.69) is 0 Å². The highest BCUT2D eigenvalue weighted by atomic mass is 16.7. The van der Waals surface area contributed by atoms with Crippen LogP contribution in [-0.2, 0) is 25.6 Å². The fourth-order valence-corrected chi connectivity index (χ4v) is 3.08. The Morgan fingerprint density at radius 1 is 1.10 bits per heavy atom. The largest absolute Gasteiger partial charge is 0.444 e. The van der Waals surface area contributed by atoms with Gasteiger partial charge in [-0.3, -0.25) is 9.69 Å². The number of hydrogen-bond donors (Lipinski definition) is 0. The van der Waals surface area contributed by atoms with E-state index in [-0.39, 0.29) is 12.7 Å². The summed E-state index contributed by atoms with van der Waals surface area (Å²) in [5, 5.41) is 0. The van der Waals surface area contributed by atoms with Crippen molar-refractivity contribution < 1.29 is 23.8 Å². The summed E-state index contributed by atoms with van der Waals surface area (Å²) in [5.74, 6) is -0.0331. The second-order valence-corrected chi connectivity index (χ2v) is 8.24. The van der Waals surface area contributed by atoms with Gasteiger partial charge in [0.15, 0.2) is 0 Å². The van der Waals surface area contributed by atoms with Gasteiger partial charge in [-0.25, -0.2) is 4.79 Å². The zero-order valence-electron chi connectivity index (χ0n) is 18.1. The molecule has 1 atom stereocenters. The van der Waals surface area contributed by atoms with Crippen molar-refractivity contribution in [1.29, 1.82) is 0 Å². The zero-order valence-corrected chi connectivity index (χ0v) is 18.1. The van der Waals surface area contributed by atoms with E-state index in [1.165, 1.54) is 4.90 Å². The first kappa shape index (κ1) is 23.2. The molecule has 7 heteroatoms. The number of piperazine rings is 1. The van der Waals surface area contributed by atoms with Gasteiger partial charge in [0.2, 0.25) is 5.91 Å². The highest BCUT2D eigenvalue weighted by Crippen LogP contribution is 2.17. The molecule has 0 radical (unpaired) electrons. The third-order valence-electron chi connectivity index (χ3n) is 4.62. The van der Waals surface area contributed by atoms with Crippen LogP contribution in [0, 0.1) is 0 Å². The minimum absolute atomic E-state index is 0.0331. The fourth-order valence-electron chi connectivity index (χ4n) is 3.08. The van der Waals surface area contributed by atoms with Crippen LogP contribution in [0.25, 0.3) is 0 Å². The summed E-state index contributed by atoms with van der Waals surface area (Å²) >= 11 is 0. The average Bonchev–Trinajstić information content (AvgIpc) is 2.66. The molecule has 1 fully saturated rings. The molecule has 0 saturated carbocycles. The molecule has 0 bridgehead atoms. The summed E-state index contributed by atoms with van der Waals surface area (Å²) in [4.78, 5) is 28.2. The number of rotatable bonds is 9. The molecule has 2 rings (SSSR count). The van der Waals surface area contributed by atoms with Gasteiger partial charge in [0, 0.05) is 26.2 Å². The Morgan fingerprint density at radius 3 is 2.52 bits per heavy atom. The van der Waals surface area contributed by atoms with Crippen LogP contribution in [0.5, 0.6) is 0 Å². The summed E-state index contributed by atoms with van der Waals surface area (Å²) in [6.07, 6.45) is 1.27. The maximum Gasteiger partial charge on any atom is 0.411 e. The third kappa shape index (κ3) is 8.03. The van der Waals surface area contributed by atoms with Gasteiger partial charge in [-0.05, 0) is 46.1 Å². The highest BCUT2D eigenvalue weighted by molar-refractivity contribution is 5.86. The Balaban J connectivity index is 1.58. The second kappa shape index (κ2) is 11.2. The van der Waals surface area contributed by atoms with Gasteiger partial charge in [0.25, 0.3) is 0 Å². The van der Waals surface area contributed by atoms with E-state index in [9.17, 15) is 9.59 Å². The van der Waals surface area contributed by atoms with Crippen LogP contribution in [0.4, 0.5) is 4.79 Å². The van der Waals surface area contributed by atoms with Crippen molar-refractivity contribution in [3.8, 4) is 0 Å². The van der Waals surface area contributed by atoms with Gasteiger partial charge >= 0.3 is 6.09 Å². The molecule has 0 aromatic heterocycles. The van der Waals surface area contributed by atoms with Gasteiger partial charge in [0.05, 0.1) is 6.61 Å². The SMILES string of the molecule is C[C@H]1C(=O)N(CCCCOCOCc2ccccc2)CCN1C(=O)OC(C)(C)C. The molecule has 1 aliphatic heterocycles. The Morgan fingerprint density at radius 2 is 1.83 bits per heavy atom. The Labute approximate surface area is 173 Å². The lowest BCUT2D eigenvalue weighted by Gasteiger charge is -2.39. The Hall–Kier alpha value is -2.12. The molecule has 1 saturated heterocycles. The number of amides is 2. The smallest absolute Gasteiger partial charge is 0.411 e. The minimum Gasteiger partial charge on any atom is -0.444 e. The molecule has 1 aromatic carbocycles. The lowest BCUT2D eigenvalue weighted by Crippen LogP contribution is -2.58. The predicted octanol–water partition coefficient (Wildman–Crippen LogP) is 3.43. The topological polar surface area (TPSA) is 68.3 Å². The van der Waals surface area contributed by atoms with Crippen molar-refractivity contribution in [2.75, 3.05) is 33.0 Å². The van der Waals surface area contributed by atoms with Crippen molar-refractivity contribution in [2.45, 2.75) is 58.8 Å². The molecular formula is C22H34N2O5. The van der Waals surface area contributed by atoms with Crippen molar-refractivity contribution in [3.63, 3.8) is 0 Å². The number of unbranched alkanes of at least 4 members (excludes halogenated alkanes) is 1. The molecule has 0 unspecified atom stereocenters. The van der Waals surface area contributed by atoms with Gasteiger partial charge in [-0.15, -0.1) is 0 Å². The lowest BCUT2D eigenvalue weighted by molar-refractivity contribution is -0.140. The van der Waals surface area contributed by atoms with Crippen molar-refractivity contribution in [3.05, 3.63) is 35.9 Å². The van der Waals surface area contributed by atoms with Gasteiger partial charge in [0.1, 0.15) is 18.4 Å². The van der Waals surface area contributed by atoms with Crippen LogP contribution in [0.2, 0.25) is 0 Å². The van der Waals surface area contributed by atoms with Gasteiger partial charge in [-0.1, -0.05) is 30.3 Å². The van der Waals surface area contributed by atoms with Crippen LogP contribution in [-0.4, -0.2) is 66.5 Å². The van der Waals surface area contributed by atoms with E-state index >= 15 is 0 Å². The predicted molar refractivity (Wildman–Crippen MR) is 110 cm³/mol. The van der Waals surface area contributed by atoms with Crippen molar-refractivity contribution >= 4 is 12.0 Å². The maximum absolute atomic E-state index is 12.6. The van der Waals surface area contributed by atoms with E-state index in [0.717, 1.165) is 18.4 Å². The lowest BCUT2D eigenvalue weighted by atomic mass is 10.1. The average molecular weight is 407 g/mol. The van der Waals surface area contributed by atoms with Crippen LogP contribution < -0.4 is 0 Å². The molecule has 2 amide bonds. The molecule has 1 aromatic rings. The van der Waals surface area contributed by atoms with Crippen molar-refractivity contribution in [2.24, 2.45) is 0 Å². The van der Waals surface area contributed by atoms with E-state index < -0.39 is 17.7 Å². The standard InChI is InChI=1S/C22H34N2O5/c1-18-20(25)23(13-14-24(18)21(26)29-22(2,3)4)12-8-9-15-27-17-28-16-19-10-6-5-7-11-19/h5-7,10-11,18H,8-9,12-17H2,1-4H3/t18-/m0/s1. The summed E-state index contributed by atoms with van der Waals surface area (Å²) < 4.78 is 16.4. The molecule has 162 valence electrons. The third-order valence-corrected chi connectivity index (χ3v) is 4.62. The van der Waals surface area contributed by atoms with Crippen LogP contribution in [0.1, 0.15) is 46.1 Å². The Bertz CT molecular complexity index is 644. The summed E-state index contributed by atoms with van der Waals surface area (Å²) in [6, 6.07) is 9.47. The van der Waals surface area contributed by atoms with E-state index in [1.807, 2.05) is 56.0 Å². The number of nitrogens with zero attached hydrogens (tertiary/aromatic N) is 2. The number of ether oxygens (including phenoxy) is 3. The molecule has 0 aliphatic carbocycles. The first-order chi connectivity index (χ1) is 13.8. The molecular weight excluding hydrogens is 372 g/mol. The number of carbonyl (C=O) groups excluding carboxylic acids is 2. The minimum atomic E-state index is -0.568. The van der Waals surface area contributed by atoms with E-state index in [4.69, 9.17) is 14.2 Å². The molecule has 1 aliphatic rings. The maximum atomic E-state index is 12.6. The number of benzene rings is 1. The molecule has 7 nitrogen and oxygen atoms in total. The van der Waals surface area contributed by atoms with Crippen molar-refractivity contribution in [1.82, 2.24) is 9.80 Å². The molecule has 1 heterocycles. The summed E-state index contributed by atoms with van der Waals surface area (Å²) in [6.45, 7) is 10.3. The Kier molecular flexibility index (Phi) is 8.92. The first-order valence-electron chi connectivity index (χ1n) is 10.3.